The quantitative estimate of drug-likeness (QED) is 0.552. The number of nitrogens with zero attached hydrogens (tertiary/aromatic N) is 4. The minimum atomic E-state index is -1.01. The average molecular weight is 454 g/mol. The van der Waals surface area contributed by atoms with Crippen molar-refractivity contribution in [3.05, 3.63) is 35.2 Å². The molecule has 1 saturated heterocycles. The highest BCUT2D eigenvalue weighted by molar-refractivity contribution is 7.14. The van der Waals surface area contributed by atoms with Crippen LogP contribution in [-0.4, -0.2) is 60.6 Å². The van der Waals surface area contributed by atoms with Crippen LogP contribution in [0.5, 0.6) is 0 Å². The molecule has 2 heterocycles. The number of hydrogen-bond acceptors (Lipinski definition) is 7. The van der Waals surface area contributed by atoms with Crippen LogP contribution in [-0.2, 0) is 9.53 Å². The summed E-state index contributed by atoms with van der Waals surface area (Å²) in [5, 5.41) is 15.1. The van der Waals surface area contributed by atoms with E-state index in [2.05, 4.69) is 10.2 Å². The molecule has 4 rings (SSSR count). The number of hydrogen-bond donors (Lipinski definition) is 1. The monoisotopic (exact) mass is 453 g/mol. The third-order valence-corrected chi connectivity index (χ3v) is 7.04. The van der Waals surface area contributed by atoms with Crippen molar-refractivity contribution in [2.45, 2.75) is 37.6 Å². The van der Waals surface area contributed by atoms with Crippen molar-refractivity contribution in [1.82, 2.24) is 15.2 Å². The Labute approximate surface area is 191 Å². The van der Waals surface area contributed by atoms with Crippen molar-refractivity contribution in [1.29, 1.82) is 5.26 Å². The minimum Gasteiger partial charge on any atom is -0.378 e. The minimum absolute atomic E-state index is 0.301. The molecule has 9 heteroatoms. The van der Waals surface area contributed by atoms with Crippen LogP contribution in [0.4, 0.5) is 5.13 Å². The van der Waals surface area contributed by atoms with E-state index in [9.17, 15) is 9.59 Å². The van der Waals surface area contributed by atoms with Crippen LogP contribution in [0.15, 0.2) is 29.6 Å². The second-order valence-corrected chi connectivity index (χ2v) is 9.09. The van der Waals surface area contributed by atoms with Gasteiger partial charge in [0.1, 0.15) is 5.54 Å². The summed E-state index contributed by atoms with van der Waals surface area (Å²) in [6, 6.07) is 7.27. The van der Waals surface area contributed by atoms with Gasteiger partial charge in [-0.3, -0.25) is 14.5 Å². The number of rotatable bonds is 5. The van der Waals surface area contributed by atoms with Crippen molar-refractivity contribution in [3.8, 4) is 17.5 Å². The number of benzene rings is 1. The maximum atomic E-state index is 13.0. The van der Waals surface area contributed by atoms with Crippen LogP contribution in [0.25, 0.3) is 11.3 Å². The molecule has 1 aliphatic carbocycles. The lowest BCUT2D eigenvalue weighted by Gasteiger charge is -2.37. The van der Waals surface area contributed by atoms with Crippen LogP contribution in [0.3, 0.4) is 0 Å². The molecule has 1 aliphatic heterocycles. The van der Waals surface area contributed by atoms with Crippen LogP contribution < -0.4 is 10.2 Å². The zero-order valence-electron chi connectivity index (χ0n) is 18.2. The molecule has 1 N–H and O–H groups in total. The van der Waals surface area contributed by atoms with Gasteiger partial charge in [0.15, 0.2) is 11.3 Å². The van der Waals surface area contributed by atoms with Crippen molar-refractivity contribution in [2.75, 3.05) is 38.3 Å². The normalized spacial score (nSPS) is 17.9. The number of carbonyl (C=O) groups is 2. The summed E-state index contributed by atoms with van der Waals surface area (Å²) in [6.45, 7) is 3.11. The Morgan fingerprint density at radius 1 is 1.19 bits per heavy atom. The first-order chi connectivity index (χ1) is 15.5. The van der Waals surface area contributed by atoms with Gasteiger partial charge in [0.05, 0.1) is 18.9 Å². The zero-order chi connectivity index (χ0) is 22.6. The summed E-state index contributed by atoms with van der Waals surface area (Å²) in [7, 11) is 1.44. The molecule has 2 amide bonds. The topological polar surface area (TPSA) is 98.6 Å². The lowest BCUT2D eigenvalue weighted by atomic mass is 9.80. The first-order valence-corrected chi connectivity index (χ1v) is 11.8. The van der Waals surface area contributed by atoms with Crippen molar-refractivity contribution >= 4 is 28.3 Å². The number of nitrogens with one attached hydrogen (secondary N) is 1. The van der Waals surface area contributed by atoms with Gasteiger partial charge in [0.25, 0.3) is 11.8 Å². The largest absolute Gasteiger partial charge is 0.378 e. The highest BCUT2D eigenvalue weighted by atomic mass is 32.1. The van der Waals surface area contributed by atoms with Gasteiger partial charge >= 0.3 is 0 Å². The first-order valence-electron chi connectivity index (χ1n) is 10.9. The summed E-state index contributed by atoms with van der Waals surface area (Å²) < 4.78 is 5.40. The molecule has 0 unspecified atom stereocenters. The van der Waals surface area contributed by atoms with E-state index in [0.717, 1.165) is 53.6 Å². The predicted molar refractivity (Wildman–Crippen MR) is 122 cm³/mol. The van der Waals surface area contributed by atoms with Crippen molar-refractivity contribution in [3.63, 3.8) is 0 Å². The molecule has 2 aromatic rings. The number of anilines is 1. The molecule has 0 atom stereocenters. The molecule has 8 nitrogen and oxygen atoms in total. The lowest BCUT2D eigenvalue weighted by Crippen LogP contribution is -2.59. The van der Waals surface area contributed by atoms with Gasteiger partial charge in [0, 0.05) is 36.6 Å². The molecule has 2 fully saturated rings. The summed E-state index contributed by atoms with van der Waals surface area (Å²) in [4.78, 5) is 33.8. The molecule has 0 radical (unpaired) electrons. The highest BCUT2D eigenvalue weighted by Crippen LogP contribution is 2.31. The van der Waals surface area contributed by atoms with E-state index < -0.39 is 5.54 Å². The SMILES string of the molecule is CN(C#N)C(=O)C1(NC(=O)c2ccc(-c3csc(N4CCOCC4)n3)cc2)CCCCC1. The molecule has 1 aromatic heterocycles. The maximum absolute atomic E-state index is 13.0. The second kappa shape index (κ2) is 9.67. The smallest absolute Gasteiger partial charge is 0.261 e. The Kier molecular flexibility index (Phi) is 6.72. The molecule has 1 aromatic carbocycles. The van der Waals surface area contributed by atoms with Crippen molar-refractivity contribution < 1.29 is 14.3 Å². The van der Waals surface area contributed by atoms with E-state index in [1.54, 1.807) is 23.5 Å². The van der Waals surface area contributed by atoms with Gasteiger partial charge < -0.3 is 15.0 Å². The first kappa shape index (κ1) is 22.2. The van der Waals surface area contributed by atoms with Gasteiger partial charge in [-0.1, -0.05) is 31.4 Å². The lowest BCUT2D eigenvalue weighted by molar-refractivity contribution is -0.135. The summed E-state index contributed by atoms with van der Waals surface area (Å²) >= 11 is 1.60. The van der Waals surface area contributed by atoms with Crippen LogP contribution in [0.1, 0.15) is 42.5 Å². The molecule has 0 spiro atoms. The number of thiazole rings is 1. The second-order valence-electron chi connectivity index (χ2n) is 8.25. The number of morpholine rings is 1. The van der Waals surface area contributed by atoms with Gasteiger partial charge in [0.2, 0.25) is 0 Å². The Balaban J connectivity index is 1.47. The fraction of sp³-hybridized carbons (Fsp3) is 0.478. The summed E-state index contributed by atoms with van der Waals surface area (Å²) in [5.41, 5.74) is 1.28. The summed E-state index contributed by atoms with van der Waals surface area (Å²) in [6.07, 6.45) is 5.68. The van der Waals surface area contributed by atoms with E-state index in [1.807, 2.05) is 23.7 Å². The average Bonchev–Trinajstić information content (AvgIpc) is 3.34. The van der Waals surface area contributed by atoms with Gasteiger partial charge in [-0.05, 0) is 25.0 Å². The number of likely N-dealkylation sites (N-methyl/N-ethyl adjacent to an activating group) is 1. The molecular weight excluding hydrogens is 426 g/mol. The Morgan fingerprint density at radius 3 is 2.53 bits per heavy atom. The van der Waals surface area contributed by atoms with Gasteiger partial charge in [-0.15, -0.1) is 11.3 Å². The molecular formula is C23H27N5O3S. The third-order valence-electron chi connectivity index (χ3n) is 6.14. The van der Waals surface area contributed by atoms with Gasteiger partial charge in [-0.2, -0.15) is 5.26 Å². The number of amides is 2. The van der Waals surface area contributed by atoms with Gasteiger partial charge in [-0.25, -0.2) is 4.98 Å². The number of aromatic nitrogens is 1. The number of carbonyl (C=O) groups excluding carboxylic acids is 2. The number of nitriles is 1. The van der Waals surface area contributed by atoms with Crippen LogP contribution >= 0.6 is 11.3 Å². The Bertz CT molecular complexity index is 1000. The van der Waals surface area contributed by atoms with Crippen LogP contribution in [0.2, 0.25) is 0 Å². The van der Waals surface area contributed by atoms with E-state index in [0.29, 0.717) is 31.6 Å². The molecule has 168 valence electrons. The van der Waals surface area contributed by atoms with E-state index >= 15 is 0 Å². The maximum Gasteiger partial charge on any atom is 0.261 e. The molecule has 0 bridgehead atoms. The fourth-order valence-electron chi connectivity index (χ4n) is 4.29. The Hall–Kier alpha value is -2.96. The fourth-order valence-corrected chi connectivity index (χ4v) is 5.18. The third kappa shape index (κ3) is 4.61. The highest BCUT2D eigenvalue weighted by Gasteiger charge is 2.42. The standard InChI is InChI=1S/C23H27N5O3S/c1-27(16-24)21(30)23(9-3-2-4-10-23)26-20(29)18-7-5-17(6-8-18)19-15-32-22(25-19)28-11-13-31-14-12-28/h5-8,15H,2-4,9-14H2,1H3,(H,26,29). The molecule has 2 aliphatic rings. The Morgan fingerprint density at radius 2 is 1.88 bits per heavy atom. The van der Waals surface area contributed by atoms with E-state index in [1.165, 1.54) is 7.05 Å². The molecule has 32 heavy (non-hydrogen) atoms. The molecule has 1 saturated carbocycles. The van der Waals surface area contributed by atoms with E-state index in [-0.39, 0.29) is 11.8 Å². The van der Waals surface area contributed by atoms with E-state index in [4.69, 9.17) is 15.0 Å². The predicted octanol–water partition coefficient (Wildman–Crippen LogP) is 3.02. The van der Waals surface area contributed by atoms with Crippen molar-refractivity contribution in [2.24, 2.45) is 0 Å². The summed E-state index contributed by atoms with van der Waals surface area (Å²) in [5.74, 6) is -0.645. The number of ether oxygens (including phenoxy) is 1. The zero-order valence-corrected chi connectivity index (χ0v) is 19.0. The van der Waals surface area contributed by atoms with Crippen LogP contribution in [0, 0.1) is 11.5 Å².